The van der Waals surface area contributed by atoms with Crippen molar-refractivity contribution in [1.82, 2.24) is 0 Å². The summed E-state index contributed by atoms with van der Waals surface area (Å²) in [6.45, 7) is 2.11. The molecule has 106 valence electrons. The van der Waals surface area contributed by atoms with Crippen molar-refractivity contribution in [3.8, 4) is 0 Å². The molecule has 2 N–H and O–H groups in total. The van der Waals surface area contributed by atoms with E-state index >= 15 is 0 Å². The molecule has 0 spiro atoms. The molecule has 0 aromatic heterocycles. The molecule has 0 amide bonds. The molecule has 0 aliphatic rings. The van der Waals surface area contributed by atoms with Crippen LogP contribution in [-0.2, 0) is 12.8 Å². The molecule has 0 radical (unpaired) electrons. The van der Waals surface area contributed by atoms with Crippen molar-refractivity contribution in [2.75, 3.05) is 0 Å². The Balaban J connectivity index is 1.89. The molecular formula is C17H19Cl2N. The summed E-state index contributed by atoms with van der Waals surface area (Å²) >= 11 is 11.9. The lowest BCUT2D eigenvalue weighted by atomic mass is 9.99. The summed E-state index contributed by atoms with van der Waals surface area (Å²) in [4.78, 5) is 0. The predicted molar refractivity (Wildman–Crippen MR) is 87.6 cm³/mol. The number of hydrogen-bond acceptors (Lipinski definition) is 1. The normalized spacial score (nSPS) is 12.4. The van der Waals surface area contributed by atoms with Gasteiger partial charge in [-0.3, -0.25) is 0 Å². The summed E-state index contributed by atoms with van der Waals surface area (Å²) in [5.41, 5.74) is 9.97. The lowest BCUT2D eigenvalue weighted by Crippen LogP contribution is -2.23. The van der Waals surface area contributed by atoms with Gasteiger partial charge in [0, 0.05) is 6.04 Å². The molecular weight excluding hydrogens is 289 g/mol. The van der Waals surface area contributed by atoms with Gasteiger partial charge in [0.05, 0.1) is 10.0 Å². The van der Waals surface area contributed by atoms with Crippen LogP contribution in [-0.4, -0.2) is 6.04 Å². The predicted octanol–water partition coefficient (Wildman–Crippen LogP) is 4.80. The van der Waals surface area contributed by atoms with E-state index in [1.54, 1.807) is 0 Å². The van der Waals surface area contributed by atoms with Crippen LogP contribution in [0.15, 0.2) is 42.5 Å². The van der Waals surface area contributed by atoms with E-state index in [2.05, 4.69) is 31.2 Å². The van der Waals surface area contributed by atoms with Crippen molar-refractivity contribution < 1.29 is 0 Å². The molecule has 2 aromatic carbocycles. The van der Waals surface area contributed by atoms with Crippen molar-refractivity contribution in [1.29, 1.82) is 0 Å². The Hall–Kier alpha value is -1.02. The van der Waals surface area contributed by atoms with E-state index in [9.17, 15) is 0 Å². The summed E-state index contributed by atoms with van der Waals surface area (Å²) in [6.07, 6.45) is 2.79. The van der Waals surface area contributed by atoms with Crippen molar-refractivity contribution in [2.45, 2.75) is 32.2 Å². The maximum absolute atomic E-state index is 6.20. The second kappa shape index (κ2) is 7.12. The van der Waals surface area contributed by atoms with Gasteiger partial charge in [-0.25, -0.2) is 0 Å². The minimum atomic E-state index is 0.132. The summed E-state index contributed by atoms with van der Waals surface area (Å²) < 4.78 is 0. The van der Waals surface area contributed by atoms with E-state index in [4.69, 9.17) is 28.9 Å². The fourth-order valence-electron chi connectivity index (χ4n) is 2.29. The molecule has 1 atom stereocenters. The number of hydrogen-bond donors (Lipinski definition) is 1. The number of aryl methyl sites for hydroxylation is 2. The summed E-state index contributed by atoms with van der Waals surface area (Å²) in [5.74, 6) is 0. The van der Waals surface area contributed by atoms with Crippen LogP contribution in [0.25, 0.3) is 0 Å². The average molecular weight is 308 g/mol. The largest absolute Gasteiger partial charge is 0.327 e. The standard InChI is InChI=1S/C17H19Cl2N/c1-12-3-2-4-13(9-12)5-7-15(20)10-14-6-8-16(18)17(19)11-14/h2-4,6,8-9,11,15H,5,7,10,20H2,1H3. The fraction of sp³-hybridized carbons (Fsp3) is 0.294. The van der Waals surface area contributed by atoms with E-state index in [0.29, 0.717) is 10.0 Å². The van der Waals surface area contributed by atoms with E-state index in [1.165, 1.54) is 11.1 Å². The zero-order valence-electron chi connectivity index (χ0n) is 11.6. The summed E-state index contributed by atoms with van der Waals surface area (Å²) in [5, 5.41) is 1.18. The molecule has 0 bridgehead atoms. The molecule has 0 aliphatic heterocycles. The van der Waals surface area contributed by atoms with Gasteiger partial charge in [-0.1, -0.05) is 59.1 Å². The second-order valence-corrected chi connectivity index (χ2v) is 6.05. The number of benzene rings is 2. The van der Waals surface area contributed by atoms with Gasteiger partial charge in [0.1, 0.15) is 0 Å². The third-order valence-corrected chi connectivity index (χ3v) is 4.11. The first-order chi connectivity index (χ1) is 9.54. The van der Waals surface area contributed by atoms with Crippen LogP contribution in [0.4, 0.5) is 0 Å². The van der Waals surface area contributed by atoms with Gasteiger partial charge in [0.25, 0.3) is 0 Å². The molecule has 0 heterocycles. The third kappa shape index (κ3) is 4.52. The van der Waals surface area contributed by atoms with Gasteiger partial charge < -0.3 is 5.73 Å². The first-order valence-corrected chi connectivity index (χ1v) is 7.55. The van der Waals surface area contributed by atoms with Crippen molar-refractivity contribution in [2.24, 2.45) is 5.73 Å². The Labute approximate surface area is 130 Å². The Morgan fingerprint density at radius 3 is 2.50 bits per heavy atom. The number of rotatable bonds is 5. The van der Waals surface area contributed by atoms with Crippen molar-refractivity contribution >= 4 is 23.2 Å². The average Bonchev–Trinajstić information content (AvgIpc) is 2.41. The molecule has 0 saturated heterocycles. The van der Waals surface area contributed by atoms with Crippen LogP contribution in [0.1, 0.15) is 23.1 Å². The Bertz CT molecular complexity index is 581. The first-order valence-electron chi connectivity index (χ1n) is 6.79. The van der Waals surface area contributed by atoms with Crippen LogP contribution < -0.4 is 5.73 Å². The smallest absolute Gasteiger partial charge is 0.0595 e. The number of halogens is 2. The zero-order valence-corrected chi connectivity index (χ0v) is 13.1. The van der Waals surface area contributed by atoms with Gasteiger partial charge in [0.15, 0.2) is 0 Å². The SMILES string of the molecule is Cc1cccc(CCC(N)Cc2ccc(Cl)c(Cl)c2)c1. The Morgan fingerprint density at radius 2 is 1.80 bits per heavy atom. The molecule has 1 nitrogen and oxygen atoms in total. The fourth-order valence-corrected chi connectivity index (χ4v) is 2.61. The molecule has 1 unspecified atom stereocenters. The van der Waals surface area contributed by atoms with Crippen LogP contribution in [0.5, 0.6) is 0 Å². The van der Waals surface area contributed by atoms with Gasteiger partial charge in [-0.05, 0) is 49.4 Å². The van der Waals surface area contributed by atoms with Gasteiger partial charge in [-0.15, -0.1) is 0 Å². The summed E-state index contributed by atoms with van der Waals surface area (Å²) in [7, 11) is 0. The van der Waals surface area contributed by atoms with E-state index < -0.39 is 0 Å². The highest BCUT2D eigenvalue weighted by Crippen LogP contribution is 2.23. The van der Waals surface area contributed by atoms with Gasteiger partial charge in [-0.2, -0.15) is 0 Å². The molecule has 2 aromatic rings. The monoisotopic (exact) mass is 307 g/mol. The van der Waals surface area contributed by atoms with Crippen molar-refractivity contribution in [3.05, 3.63) is 69.2 Å². The van der Waals surface area contributed by atoms with Crippen LogP contribution >= 0.6 is 23.2 Å². The highest BCUT2D eigenvalue weighted by atomic mass is 35.5. The van der Waals surface area contributed by atoms with Crippen LogP contribution in [0, 0.1) is 6.92 Å². The van der Waals surface area contributed by atoms with E-state index in [0.717, 1.165) is 24.8 Å². The maximum Gasteiger partial charge on any atom is 0.0595 e. The molecule has 0 saturated carbocycles. The maximum atomic E-state index is 6.20. The topological polar surface area (TPSA) is 26.0 Å². The summed E-state index contributed by atoms with van der Waals surface area (Å²) in [6, 6.07) is 14.4. The van der Waals surface area contributed by atoms with Crippen LogP contribution in [0.3, 0.4) is 0 Å². The minimum Gasteiger partial charge on any atom is -0.327 e. The Morgan fingerprint density at radius 1 is 1.00 bits per heavy atom. The second-order valence-electron chi connectivity index (χ2n) is 5.24. The number of nitrogens with two attached hydrogens (primary N) is 1. The van der Waals surface area contributed by atoms with Crippen LogP contribution in [0.2, 0.25) is 10.0 Å². The van der Waals surface area contributed by atoms with Gasteiger partial charge in [0.2, 0.25) is 0 Å². The molecule has 2 rings (SSSR count). The van der Waals surface area contributed by atoms with E-state index in [-0.39, 0.29) is 6.04 Å². The van der Waals surface area contributed by atoms with Gasteiger partial charge >= 0.3 is 0 Å². The zero-order chi connectivity index (χ0) is 14.5. The Kier molecular flexibility index (Phi) is 5.47. The van der Waals surface area contributed by atoms with Crippen molar-refractivity contribution in [3.63, 3.8) is 0 Å². The molecule has 0 aliphatic carbocycles. The third-order valence-electron chi connectivity index (χ3n) is 3.37. The lowest BCUT2D eigenvalue weighted by molar-refractivity contribution is 0.610. The highest BCUT2D eigenvalue weighted by Gasteiger charge is 2.07. The quantitative estimate of drug-likeness (QED) is 0.843. The first kappa shape index (κ1) is 15.4. The highest BCUT2D eigenvalue weighted by molar-refractivity contribution is 6.42. The van der Waals surface area contributed by atoms with E-state index in [1.807, 2.05) is 18.2 Å². The molecule has 3 heteroatoms. The molecule has 20 heavy (non-hydrogen) atoms. The lowest BCUT2D eigenvalue weighted by Gasteiger charge is -2.12. The molecule has 0 fully saturated rings. The minimum absolute atomic E-state index is 0.132.